The van der Waals surface area contributed by atoms with Gasteiger partial charge in [-0.05, 0) is 57.5 Å². The Morgan fingerprint density at radius 1 is 1.29 bits per heavy atom. The van der Waals surface area contributed by atoms with Crippen molar-refractivity contribution in [3.63, 3.8) is 0 Å². The van der Waals surface area contributed by atoms with Crippen LogP contribution in [-0.2, 0) is 4.79 Å². The van der Waals surface area contributed by atoms with Crippen molar-refractivity contribution in [1.29, 1.82) is 0 Å². The number of carbonyl (C=O) groups is 1. The van der Waals surface area contributed by atoms with E-state index in [2.05, 4.69) is 16.4 Å². The molecule has 0 spiro atoms. The van der Waals surface area contributed by atoms with Crippen LogP contribution in [0, 0.1) is 5.92 Å². The molecule has 2 fully saturated rings. The van der Waals surface area contributed by atoms with Crippen LogP contribution in [0.3, 0.4) is 0 Å². The van der Waals surface area contributed by atoms with E-state index >= 15 is 0 Å². The van der Waals surface area contributed by atoms with E-state index in [1.165, 1.54) is 6.42 Å². The lowest BCUT2D eigenvalue weighted by Gasteiger charge is -2.36. The van der Waals surface area contributed by atoms with Crippen LogP contribution < -0.4 is 0 Å². The molecule has 1 atom stereocenters. The van der Waals surface area contributed by atoms with Crippen LogP contribution in [-0.4, -0.2) is 59.6 Å². The molecule has 0 aromatic rings. The molecule has 21 heavy (non-hydrogen) atoms. The van der Waals surface area contributed by atoms with Crippen molar-refractivity contribution in [3.05, 3.63) is 12.7 Å². The van der Waals surface area contributed by atoms with Gasteiger partial charge in [-0.1, -0.05) is 6.08 Å². The number of likely N-dealkylation sites (tertiary alicyclic amines) is 2. The van der Waals surface area contributed by atoms with Gasteiger partial charge in [-0.2, -0.15) is 0 Å². The van der Waals surface area contributed by atoms with Crippen LogP contribution in [0.1, 0.15) is 44.9 Å². The van der Waals surface area contributed by atoms with Crippen molar-refractivity contribution >= 4 is 5.91 Å². The number of carbonyl (C=O) groups excluding carboxylic acids is 1. The molecule has 1 amide bonds. The second-order valence-corrected chi connectivity index (χ2v) is 6.56. The lowest BCUT2D eigenvalue weighted by molar-refractivity contribution is -0.134. The second kappa shape index (κ2) is 8.54. The van der Waals surface area contributed by atoms with Crippen molar-refractivity contribution in [2.45, 2.75) is 51.0 Å². The minimum absolute atomic E-state index is 0.233. The van der Waals surface area contributed by atoms with Crippen molar-refractivity contribution in [1.82, 2.24) is 9.80 Å². The van der Waals surface area contributed by atoms with Crippen LogP contribution in [0.25, 0.3) is 0 Å². The summed E-state index contributed by atoms with van der Waals surface area (Å²) in [6.45, 7) is 8.49. The molecule has 1 unspecified atom stereocenters. The minimum Gasteiger partial charge on any atom is -0.392 e. The van der Waals surface area contributed by atoms with Crippen LogP contribution >= 0.6 is 0 Å². The molecule has 0 saturated carbocycles. The summed E-state index contributed by atoms with van der Waals surface area (Å²) in [4.78, 5) is 16.3. The van der Waals surface area contributed by atoms with E-state index in [9.17, 15) is 9.90 Å². The predicted molar refractivity (Wildman–Crippen MR) is 85.0 cm³/mol. The molecule has 4 nitrogen and oxygen atoms in total. The topological polar surface area (TPSA) is 43.8 Å². The van der Waals surface area contributed by atoms with Crippen LogP contribution in [0.4, 0.5) is 0 Å². The van der Waals surface area contributed by atoms with Gasteiger partial charge in [0.25, 0.3) is 0 Å². The number of hydrogen-bond acceptors (Lipinski definition) is 3. The van der Waals surface area contributed by atoms with Crippen molar-refractivity contribution in [3.8, 4) is 0 Å². The molecule has 0 aromatic carbocycles. The molecule has 0 radical (unpaired) electrons. The number of nitrogens with zero attached hydrogens (tertiary/aromatic N) is 2. The Kier molecular flexibility index (Phi) is 6.71. The number of amides is 1. The number of rotatable bonds is 7. The fourth-order valence-electron chi connectivity index (χ4n) is 3.42. The zero-order chi connectivity index (χ0) is 15.1. The maximum Gasteiger partial charge on any atom is 0.222 e. The summed E-state index contributed by atoms with van der Waals surface area (Å²) in [6, 6.07) is 0. The molecule has 0 bridgehead atoms. The highest BCUT2D eigenvalue weighted by Gasteiger charge is 2.25. The smallest absolute Gasteiger partial charge is 0.222 e. The van der Waals surface area contributed by atoms with Gasteiger partial charge in [0, 0.05) is 26.1 Å². The van der Waals surface area contributed by atoms with E-state index < -0.39 is 0 Å². The summed E-state index contributed by atoms with van der Waals surface area (Å²) < 4.78 is 0. The van der Waals surface area contributed by atoms with E-state index in [4.69, 9.17) is 0 Å². The van der Waals surface area contributed by atoms with Gasteiger partial charge in [-0.15, -0.1) is 6.58 Å². The third kappa shape index (κ3) is 5.44. The first-order valence-corrected chi connectivity index (χ1v) is 8.48. The van der Waals surface area contributed by atoms with E-state index in [0.717, 1.165) is 71.2 Å². The Hall–Kier alpha value is -0.870. The highest BCUT2D eigenvalue weighted by Crippen LogP contribution is 2.21. The molecule has 2 saturated heterocycles. The van der Waals surface area contributed by atoms with Gasteiger partial charge in [0.15, 0.2) is 0 Å². The summed E-state index contributed by atoms with van der Waals surface area (Å²) in [7, 11) is 0. The molecular formula is C17H30N2O2. The maximum absolute atomic E-state index is 11.9. The van der Waals surface area contributed by atoms with Crippen LogP contribution in [0.5, 0.6) is 0 Å². The SMILES string of the molecule is C=CCCC(O)CN1CCC(CN2CCCCC2=O)CC1. The van der Waals surface area contributed by atoms with Gasteiger partial charge in [0.05, 0.1) is 6.10 Å². The monoisotopic (exact) mass is 294 g/mol. The maximum atomic E-state index is 11.9. The number of β-amino-alcohol motifs (C(OH)–C–C–N with tert-alkyl or cyclic N) is 1. The van der Waals surface area contributed by atoms with E-state index in [0.29, 0.717) is 11.8 Å². The summed E-state index contributed by atoms with van der Waals surface area (Å²) in [5.41, 5.74) is 0. The van der Waals surface area contributed by atoms with Gasteiger partial charge in [-0.3, -0.25) is 4.79 Å². The highest BCUT2D eigenvalue weighted by atomic mass is 16.3. The van der Waals surface area contributed by atoms with Gasteiger partial charge in [0.2, 0.25) is 5.91 Å². The molecule has 2 rings (SSSR count). The van der Waals surface area contributed by atoms with Gasteiger partial charge in [0.1, 0.15) is 0 Å². The number of aliphatic hydroxyl groups excluding tert-OH is 1. The standard InChI is InChI=1S/C17H30N2O2/c1-2-3-6-16(20)14-18-11-8-15(9-12-18)13-19-10-5-4-7-17(19)21/h2,15-16,20H,1,3-14H2. The molecule has 120 valence electrons. The van der Waals surface area contributed by atoms with Crippen molar-refractivity contribution < 1.29 is 9.90 Å². The van der Waals surface area contributed by atoms with Gasteiger partial charge < -0.3 is 14.9 Å². The molecule has 0 aliphatic carbocycles. The Bertz CT molecular complexity index is 338. The average molecular weight is 294 g/mol. The van der Waals surface area contributed by atoms with Crippen LogP contribution in [0.2, 0.25) is 0 Å². The Balaban J connectivity index is 1.65. The normalized spacial score (nSPS) is 23.3. The highest BCUT2D eigenvalue weighted by molar-refractivity contribution is 5.76. The van der Waals surface area contributed by atoms with Crippen LogP contribution in [0.15, 0.2) is 12.7 Å². The number of allylic oxidation sites excluding steroid dienone is 1. The number of aliphatic hydroxyl groups is 1. The van der Waals surface area contributed by atoms with Crippen molar-refractivity contribution in [2.75, 3.05) is 32.7 Å². The second-order valence-electron chi connectivity index (χ2n) is 6.56. The number of hydrogen-bond donors (Lipinski definition) is 1. The first-order chi connectivity index (χ1) is 10.2. The first-order valence-electron chi connectivity index (χ1n) is 8.48. The van der Waals surface area contributed by atoms with E-state index in [1.807, 2.05) is 6.08 Å². The van der Waals surface area contributed by atoms with Crippen molar-refractivity contribution in [2.24, 2.45) is 5.92 Å². The first kappa shape index (κ1) is 16.5. The molecular weight excluding hydrogens is 264 g/mol. The van der Waals surface area contributed by atoms with Gasteiger partial charge in [-0.25, -0.2) is 0 Å². The molecule has 2 aliphatic heterocycles. The van der Waals surface area contributed by atoms with E-state index in [1.54, 1.807) is 0 Å². The van der Waals surface area contributed by atoms with Gasteiger partial charge >= 0.3 is 0 Å². The lowest BCUT2D eigenvalue weighted by Crippen LogP contribution is -2.44. The fourth-order valence-corrected chi connectivity index (χ4v) is 3.42. The molecule has 1 N–H and O–H groups in total. The lowest BCUT2D eigenvalue weighted by atomic mass is 9.95. The summed E-state index contributed by atoms with van der Waals surface area (Å²) >= 11 is 0. The zero-order valence-corrected chi connectivity index (χ0v) is 13.2. The fraction of sp³-hybridized carbons (Fsp3) is 0.824. The Morgan fingerprint density at radius 3 is 2.71 bits per heavy atom. The number of piperidine rings is 2. The minimum atomic E-state index is -0.233. The summed E-state index contributed by atoms with van der Waals surface area (Å²) in [5.74, 6) is 0.997. The van der Waals surface area contributed by atoms with E-state index in [-0.39, 0.29) is 6.10 Å². The molecule has 2 heterocycles. The molecule has 2 aliphatic rings. The Labute approximate surface area is 128 Å². The summed E-state index contributed by atoms with van der Waals surface area (Å²) in [6.07, 6.45) is 8.61. The predicted octanol–water partition coefficient (Wildman–Crippen LogP) is 2.04. The Morgan fingerprint density at radius 2 is 2.05 bits per heavy atom. The summed E-state index contributed by atoms with van der Waals surface area (Å²) in [5, 5.41) is 9.95. The molecule has 4 heteroatoms. The molecule has 0 aromatic heterocycles. The average Bonchev–Trinajstić information content (AvgIpc) is 2.49. The third-order valence-electron chi connectivity index (χ3n) is 4.78. The zero-order valence-electron chi connectivity index (χ0n) is 13.2. The third-order valence-corrected chi connectivity index (χ3v) is 4.78. The quantitative estimate of drug-likeness (QED) is 0.731. The largest absolute Gasteiger partial charge is 0.392 e.